The third kappa shape index (κ3) is 2.10. The van der Waals surface area contributed by atoms with E-state index in [1.54, 1.807) is 13.0 Å². The number of rotatable bonds is 2. The summed E-state index contributed by atoms with van der Waals surface area (Å²) in [7, 11) is 0. The molecular weight excluding hydrogens is 242 g/mol. The lowest BCUT2D eigenvalue weighted by Gasteiger charge is -1.97. The molecule has 2 aromatic heterocycles. The highest BCUT2D eigenvalue weighted by atomic mass is 16.5. The Hall–Kier alpha value is -2.56. The van der Waals surface area contributed by atoms with Crippen molar-refractivity contribution in [1.82, 2.24) is 10.1 Å². The highest BCUT2D eigenvalue weighted by Gasteiger charge is 2.12. The molecule has 0 fully saturated rings. The number of benzene rings is 1. The van der Waals surface area contributed by atoms with Crippen LogP contribution in [0.5, 0.6) is 0 Å². The van der Waals surface area contributed by atoms with Crippen LogP contribution in [0, 0.1) is 13.8 Å². The van der Waals surface area contributed by atoms with Gasteiger partial charge in [0.15, 0.2) is 5.82 Å². The number of nitrogens with one attached hydrogen (secondary N) is 2. The van der Waals surface area contributed by atoms with Crippen LogP contribution >= 0.6 is 0 Å². The summed E-state index contributed by atoms with van der Waals surface area (Å²) in [5, 5.41) is 7.46. The molecule has 0 unspecified atom stereocenters. The Balaban J connectivity index is 1.91. The van der Waals surface area contributed by atoms with Crippen LogP contribution in [0.1, 0.15) is 21.8 Å². The molecule has 0 saturated heterocycles. The van der Waals surface area contributed by atoms with Gasteiger partial charge in [0.1, 0.15) is 11.5 Å². The number of hydrogen-bond donors (Lipinski definition) is 2. The van der Waals surface area contributed by atoms with E-state index in [-0.39, 0.29) is 5.91 Å². The van der Waals surface area contributed by atoms with Gasteiger partial charge in [-0.2, -0.15) is 0 Å². The van der Waals surface area contributed by atoms with Crippen molar-refractivity contribution in [1.29, 1.82) is 0 Å². The Morgan fingerprint density at radius 2 is 2.16 bits per heavy atom. The number of aryl methyl sites for hydroxylation is 2. The molecule has 3 aromatic rings. The summed E-state index contributed by atoms with van der Waals surface area (Å²) in [6.07, 6.45) is 0. The molecule has 2 heterocycles. The zero-order chi connectivity index (χ0) is 13.4. The quantitative estimate of drug-likeness (QED) is 0.739. The molecule has 2 N–H and O–H groups in total. The van der Waals surface area contributed by atoms with E-state index in [0.29, 0.717) is 17.3 Å². The Kier molecular flexibility index (Phi) is 2.59. The standard InChI is InChI=1S/C14H13N3O2/c1-8-4-3-5-11-10(8)7-12(15-11)14(18)16-13-6-9(2)19-17-13/h3-7,15H,1-2H3,(H,16,17,18). The monoisotopic (exact) mass is 255 g/mol. The minimum atomic E-state index is -0.232. The van der Waals surface area contributed by atoms with Crippen LogP contribution in [0.25, 0.3) is 10.9 Å². The van der Waals surface area contributed by atoms with Gasteiger partial charge in [-0.3, -0.25) is 4.79 Å². The number of fused-ring (bicyclic) bond motifs is 1. The van der Waals surface area contributed by atoms with Crippen molar-refractivity contribution >= 4 is 22.6 Å². The van der Waals surface area contributed by atoms with Crippen molar-refractivity contribution < 1.29 is 9.32 Å². The van der Waals surface area contributed by atoms with Crippen LogP contribution in [-0.4, -0.2) is 16.0 Å². The number of carbonyl (C=O) groups excluding carboxylic acids is 1. The predicted octanol–water partition coefficient (Wildman–Crippen LogP) is 3.03. The van der Waals surface area contributed by atoms with Crippen LogP contribution in [-0.2, 0) is 0 Å². The second-order valence-corrected chi connectivity index (χ2v) is 4.50. The third-order valence-corrected chi connectivity index (χ3v) is 3.00. The zero-order valence-electron chi connectivity index (χ0n) is 10.7. The first-order valence-corrected chi connectivity index (χ1v) is 5.96. The number of anilines is 1. The van der Waals surface area contributed by atoms with Crippen LogP contribution < -0.4 is 5.32 Å². The number of nitrogens with zero attached hydrogens (tertiary/aromatic N) is 1. The van der Waals surface area contributed by atoms with Gasteiger partial charge in [0, 0.05) is 17.0 Å². The van der Waals surface area contributed by atoms with E-state index < -0.39 is 0 Å². The van der Waals surface area contributed by atoms with E-state index in [2.05, 4.69) is 15.5 Å². The summed E-state index contributed by atoms with van der Waals surface area (Å²) in [5.41, 5.74) is 2.58. The molecule has 0 atom stereocenters. The topological polar surface area (TPSA) is 70.9 Å². The van der Waals surface area contributed by atoms with E-state index in [4.69, 9.17) is 4.52 Å². The summed E-state index contributed by atoms with van der Waals surface area (Å²) in [6, 6.07) is 9.42. The molecule has 0 bridgehead atoms. The lowest BCUT2D eigenvalue weighted by atomic mass is 10.1. The van der Waals surface area contributed by atoms with E-state index in [9.17, 15) is 4.79 Å². The highest BCUT2D eigenvalue weighted by Crippen LogP contribution is 2.20. The predicted molar refractivity (Wildman–Crippen MR) is 72.2 cm³/mol. The van der Waals surface area contributed by atoms with Crippen LogP contribution in [0.2, 0.25) is 0 Å². The van der Waals surface area contributed by atoms with Crippen LogP contribution in [0.4, 0.5) is 5.82 Å². The fraction of sp³-hybridized carbons (Fsp3) is 0.143. The van der Waals surface area contributed by atoms with Gasteiger partial charge in [-0.15, -0.1) is 0 Å². The van der Waals surface area contributed by atoms with Crippen molar-refractivity contribution in [3.05, 3.63) is 47.3 Å². The number of aromatic amines is 1. The normalized spacial score (nSPS) is 10.8. The summed E-state index contributed by atoms with van der Waals surface area (Å²) in [4.78, 5) is 15.2. The molecule has 0 saturated carbocycles. The highest BCUT2D eigenvalue weighted by molar-refractivity contribution is 6.05. The number of amides is 1. The molecule has 96 valence electrons. The molecule has 5 heteroatoms. The van der Waals surface area contributed by atoms with E-state index in [1.165, 1.54) is 0 Å². The van der Waals surface area contributed by atoms with Gasteiger partial charge >= 0.3 is 0 Å². The molecule has 1 aromatic carbocycles. The molecule has 5 nitrogen and oxygen atoms in total. The van der Waals surface area contributed by atoms with Crippen molar-refractivity contribution in [3.63, 3.8) is 0 Å². The third-order valence-electron chi connectivity index (χ3n) is 3.00. The van der Waals surface area contributed by atoms with E-state index in [0.717, 1.165) is 16.5 Å². The fourth-order valence-electron chi connectivity index (χ4n) is 2.04. The maximum absolute atomic E-state index is 12.1. The summed E-state index contributed by atoms with van der Waals surface area (Å²) >= 11 is 0. The van der Waals surface area contributed by atoms with Crippen molar-refractivity contribution in [2.24, 2.45) is 0 Å². The van der Waals surface area contributed by atoms with Gasteiger partial charge in [0.2, 0.25) is 0 Å². The molecule has 0 radical (unpaired) electrons. The Morgan fingerprint density at radius 1 is 1.32 bits per heavy atom. The first kappa shape index (κ1) is 11.5. The SMILES string of the molecule is Cc1cc(NC(=O)c2cc3c(C)cccc3[nH]2)no1. The van der Waals surface area contributed by atoms with Crippen molar-refractivity contribution in [2.45, 2.75) is 13.8 Å². The lowest BCUT2D eigenvalue weighted by Crippen LogP contribution is -2.12. The molecule has 3 rings (SSSR count). The average Bonchev–Trinajstić information content (AvgIpc) is 2.96. The van der Waals surface area contributed by atoms with Gasteiger partial charge in [-0.1, -0.05) is 17.3 Å². The van der Waals surface area contributed by atoms with Gasteiger partial charge in [-0.05, 0) is 31.5 Å². The minimum absolute atomic E-state index is 0.232. The Morgan fingerprint density at radius 3 is 2.84 bits per heavy atom. The largest absolute Gasteiger partial charge is 0.360 e. The van der Waals surface area contributed by atoms with E-state index >= 15 is 0 Å². The summed E-state index contributed by atoms with van der Waals surface area (Å²) < 4.78 is 4.90. The van der Waals surface area contributed by atoms with Crippen LogP contribution in [0.3, 0.4) is 0 Å². The molecule has 0 aliphatic carbocycles. The first-order chi connectivity index (χ1) is 9.13. The Labute approximate surface area is 109 Å². The number of aromatic nitrogens is 2. The van der Waals surface area contributed by atoms with Crippen LogP contribution in [0.15, 0.2) is 34.9 Å². The second-order valence-electron chi connectivity index (χ2n) is 4.50. The lowest BCUT2D eigenvalue weighted by molar-refractivity contribution is 0.102. The van der Waals surface area contributed by atoms with Gasteiger partial charge in [0.05, 0.1) is 0 Å². The number of hydrogen-bond acceptors (Lipinski definition) is 3. The molecule has 0 spiro atoms. The van der Waals surface area contributed by atoms with Crippen molar-refractivity contribution in [3.8, 4) is 0 Å². The van der Waals surface area contributed by atoms with Gasteiger partial charge < -0.3 is 14.8 Å². The molecule has 1 amide bonds. The summed E-state index contributed by atoms with van der Waals surface area (Å²) in [5.74, 6) is 0.838. The molecule has 19 heavy (non-hydrogen) atoms. The second kappa shape index (κ2) is 4.28. The Bertz CT molecular complexity index is 755. The smallest absolute Gasteiger partial charge is 0.273 e. The maximum atomic E-state index is 12.1. The molecule has 0 aliphatic heterocycles. The first-order valence-electron chi connectivity index (χ1n) is 5.96. The van der Waals surface area contributed by atoms with Gasteiger partial charge in [0.25, 0.3) is 5.91 Å². The summed E-state index contributed by atoms with van der Waals surface area (Å²) in [6.45, 7) is 3.79. The minimum Gasteiger partial charge on any atom is -0.360 e. The molecule has 0 aliphatic rings. The van der Waals surface area contributed by atoms with E-state index in [1.807, 2.05) is 31.2 Å². The van der Waals surface area contributed by atoms with Gasteiger partial charge in [-0.25, -0.2) is 0 Å². The number of carbonyl (C=O) groups is 1. The fourth-order valence-corrected chi connectivity index (χ4v) is 2.04. The molecular formula is C14H13N3O2. The average molecular weight is 255 g/mol. The zero-order valence-corrected chi connectivity index (χ0v) is 10.7. The number of H-pyrrole nitrogens is 1. The van der Waals surface area contributed by atoms with Crippen molar-refractivity contribution in [2.75, 3.05) is 5.32 Å². The maximum Gasteiger partial charge on any atom is 0.273 e.